The van der Waals surface area contributed by atoms with Gasteiger partial charge in [-0.05, 0) is 43.6 Å². The normalized spacial score (nSPS) is 19.3. The third-order valence-corrected chi connectivity index (χ3v) is 6.22. The Labute approximate surface area is 169 Å². The highest BCUT2D eigenvalue weighted by molar-refractivity contribution is 5.77. The molecule has 0 radical (unpaired) electrons. The molecular weight excluding hydrogens is 352 g/mol. The molecule has 5 nitrogen and oxygen atoms in total. The number of carbonyl (C=O) groups excluding carboxylic acids is 2. The molecule has 0 bridgehead atoms. The Morgan fingerprint density at radius 2 is 1.68 bits per heavy atom. The molecule has 2 aliphatic rings. The Kier molecular flexibility index (Phi) is 7.90. The van der Waals surface area contributed by atoms with Crippen LogP contribution in [0.1, 0.15) is 75.7 Å². The van der Waals surface area contributed by atoms with Gasteiger partial charge in [0, 0.05) is 32.0 Å². The van der Waals surface area contributed by atoms with Crippen molar-refractivity contribution < 1.29 is 14.3 Å². The Bertz CT molecular complexity index is 620. The molecule has 1 amide bonds. The molecule has 3 rings (SSSR count). The van der Waals surface area contributed by atoms with Gasteiger partial charge in [0.2, 0.25) is 5.91 Å². The average molecular weight is 387 g/mol. The molecule has 0 aromatic heterocycles. The predicted octanol–water partition coefficient (Wildman–Crippen LogP) is 4.29. The smallest absolute Gasteiger partial charge is 0.305 e. The Hall–Kier alpha value is -1.88. The van der Waals surface area contributed by atoms with Crippen molar-refractivity contribution >= 4 is 11.9 Å². The van der Waals surface area contributed by atoms with Crippen LogP contribution >= 0.6 is 0 Å². The number of piperidine rings is 1. The summed E-state index contributed by atoms with van der Waals surface area (Å²) in [6.07, 6.45) is 9.36. The lowest BCUT2D eigenvalue weighted by atomic mass is 9.89. The van der Waals surface area contributed by atoms with Crippen molar-refractivity contribution in [3.8, 4) is 0 Å². The van der Waals surface area contributed by atoms with Gasteiger partial charge in [-0.1, -0.05) is 49.6 Å². The number of carbonyl (C=O) groups is 2. The second kappa shape index (κ2) is 10.6. The van der Waals surface area contributed by atoms with Gasteiger partial charge >= 0.3 is 5.97 Å². The number of hydrazine groups is 1. The van der Waals surface area contributed by atoms with Gasteiger partial charge in [0.1, 0.15) is 0 Å². The maximum Gasteiger partial charge on any atom is 0.305 e. The van der Waals surface area contributed by atoms with Crippen molar-refractivity contribution in [1.29, 1.82) is 0 Å². The Morgan fingerprint density at radius 3 is 2.32 bits per heavy atom. The fraction of sp³-hybridized carbons (Fsp3) is 0.652. The van der Waals surface area contributed by atoms with Gasteiger partial charge < -0.3 is 4.74 Å². The van der Waals surface area contributed by atoms with E-state index in [0.717, 1.165) is 38.8 Å². The molecule has 5 heteroatoms. The van der Waals surface area contributed by atoms with E-state index in [1.54, 1.807) is 0 Å². The first kappa shape index (κ1) is 20.8. The van der Waals surface area contributed by atoms with E-state index in [0.29, 0.717) is 31.2 Å². The summed E-state index contributed by atoms with van der Waals surface area (Å²) in [5.74, 6) is 0.523. The van der Waals surface area contributed by atoms with Crippen LogP contribution in [0, 0.1) is 0 Å². The molecule has 1 saturated heterocycles. The average Bonchev–Trinajstić information content (AvgIpc) is 2.75. The van der Waals surface area contributed by atoms with E-state index in [1.807, 2.05) is 0 Å². The molecule has 1 aromatic rings. The molecule has 1 aromatic carbocycles. The number of ether oxygens (including phenoxy) is 1. The summed E-state index contributed by atoms with van der Waals surface area (Å²) in [5, 5.41) is 4.38. The zero-order valence-electron chi connectivity index (χ0n) is 17.1. The Morgan fingerprint density at radius 1 is 1.00 bits per heavy atom. The largest absolute Gasteiger partial charge is 0.469 e. The van der Waals surface area contributed by atoms with E-state index in [-0.39, 0.29) is 11.9 Å². The van der Waals surface area contributed by atoms with Crippen molar-refractivity contribution in [2.45, 2.75) is 76.2 Å². The number of hydrogen-bond donors (Lipinski definition) is 0. The molecule has 1 saturated carbocycles. The topological polar surface area (TPSA) is 49.9 Å². The van der Waals surface area contributed by atoms with Gasteiger partial charge in [0.15, 0.2) is 0 Å². The molecule has 1 aliphatic heterocycles. The summed E-state index contributed by atoms with van der Waals surface area (Å²) in [7, 11) is 1.40. The maximum absolute atomic E-state index is 13.1. The summed E-state index contributed by atoms with van der Waals surface area (Å²) >= 11 is 0. The second-order valence-corrected chi connectivity index (χ2v) is 8.10. The fourth-order valence-corrected chi connectivity index (χ4v) is 4.66. The quantitative estimate of drug-likeness (QED) is 0.656. The van der Waals surface area contributed by atoms with E-state index in [9.17, 15) is 9.59 Å². The zero-order valence-corrected chi connectivity index (χ0v) is 17.1. The highest BCUT2D eigenvalue weighted by Crippen LogP contribution is 2.31. The maximum atomic E-state index is 13.1. The monoisotopic (exact) mass is 386 g/mol. The van der Waals surface area contributed by atoms with Crippen LogP contribution in [0.25, 0.3) is 0 Å². The van der Waals surface area contributed by atoms with Gasteiger partial charge in [-0.3, -0.25) is 14.6 Å². The molecular formula is C23H34N2O3. The Balaban J connectivity index is 1.60. The number of hydrogen-bond acceptors (Lipinski definition) is 4. The van der Waals surface area contributed by atoms with E-state index in [1.165, 1.54) is 31.9 Å². The van der Waals surface area contributed by atoms with Gasteiger partial charge in [0.05, 0.1) is 7.11 Å². The van der Waals surface area contributed by atoms with Crippen molar-refractivity contribution in [3.05, 3.63) is 35.9 Å². The van der Waals surface area contributed by atoms with Crippen LogP contribution in [-0.4, -0.2) is 48.1 Å². The van der Waals surface area contributed by atoms with Crippen molar-refractivity contribution in [2.75, 3.05) is 20.2 Å². The van der Waals surface area contributed by atoms with Crippen LogP contribution in [0.3, 0.4) is 0 Å². The minimum Gasteiger partial charge on any atom is -0.469 e. The summed E-state index contributed by atoms with van der Waals surface area (Å²) in [6.45, 7) is 1.86. The molecule has 0 atom stereocenters. The van der Waals surface area contributed by atoms with Gasteiger partial charge in [-0.25, -0.2) is 5.01 Å². The van der Waals surface area contributed by atoms with Crippen LogP contribution in [0.15, 0.2) is 30.3 Å². The molecule has 0 unspecified atom stereocenters. The number of amides is 1. The highest BCUT2D eigenvalue weighted by atomic mass is 16.5. The number of methoxy groups -OCH3 is 1. The minimum absolute atomic E-state index is 0.175. The zero-order chi connectivity index (χ0) is 19.8. The summed E-state index contributed by atoms with van der Waals surface area (Å²) in [5.41, 5.74) is 1.41. The van der Waals surface area contributed by atoms with Crippen LogP contribution < -0.4 is 0 Å². The number of nitrogens with zero attached hydrogens (tertiary/aromatic N) is 2. The second-order valence-electron chi connectivity index (χ2n) is 8.10. The predicted molar refractivity (Wildman–Crippen MR) is 110 cm³/mol. The molecule has 0 spiro atoms. The van der Waals surface area contributed by atoms with Crippen molar-refractivity contribution in [2.24, 2.45) is 0 Å². The molecule has 1 aliphatic carbocycles. The molecule has 2 fully saturated rings. The number of benzene rings is 1. The lowest BCUT2D eigenvalue weighted by Crippen LogP contribution is -2.55. The van der Waals surface area contributed by atoms with Gasteiger partial charge in [-0.15, -0.1) is 0 Å². The van der Waals surface area contributed by atoms with Gasteiger partial charge in [-0.2, -0.15) is 0 Å². The van der Waals surface area contributed by atoms with Gasteiger partial charge in [0.25, 0.3) is 0 Å². The van der Waals surface area contributed by atoms with E-state index < -0.39 is 0 Å². The van der Waals surface area contributed by atoms with E-state index in [2.05, 4.69) is 40.3 Å². The fourth-order valence-electron chi connectivity index (χ4n) is 4.66. The first-order valence-electron chi connectivity index (χ1n) is 10.9. The van der Waals surface area contributed by atoms with Crippen molar-refractivity contribution in [1.82, 2.24) is 10.0 Å². The first-order chi connectivity index (χ1) is 13.7. The third kappa shape index (κ3) is 5.57. The van der Waals surface area contributed by atoms with Crippen LogP contribution in [0.2, 0.25) is 0 Å². The van der Waals surface area contributed by atoms with Crippen LogP contribution in [0.4, 0.5) is 0 Å². The first-order valence-corrected chi connectivity index (χ1v) is 10.9. The highest BCUT2D eigenvalue weighted by Gasteiger charge is 2.32. The summed E-state index contributed by atoms with van der Waals surface area (Å²) in [4.78, 5) is 24.5. The van der Waals surface area contributed by atoms with Crippen LogP contribution in [-0.2, 0) is 14.3 Å². The lowest BCUT2D eigenvalue weighted by molar-refractivity contribution is -0.160. The molecule has 1 heterocycles. The van der Waals surface area contributed by atoms with Crippen LogP contribution in [0.5, 0.6) is 0 Å². The summed E-state index contributed by atoms with van der Waals surface area (Å²) in [6, 6.07) is 11.1. The number of esters is 1. The third-order valence-electron chi connectivity index (χ3n) is 6.22. The van der Waals surface area contributed by atoms with E-state index >= 15 is 0 Å². The van der Waals surface area contributed by atoms with Crippen molar-refractivity contribution in [3.63, 3.8) is 0 Å². The minimum atomic E-state index is -0.235. The summed E-state index contributed by atoms with van der Waals surface area (Å²) < 4.78 is 4.70. The number of rotatable bonds is 7. The molecule has 0 N–H and O–H groups in total. The van der Waals surface area contributed by atoms with E-state index in [4.69, 9.17) is 4.74 Å². The standard InChI is InChI=1S/C23H34N2O3/c1-28-23(27)14-8-13-22(26)25(21-11-6-3-7-12-21)24-17-15-20(16-18-24)19-9-4-2-5-10-19/h2,4-5,9-10,20-21H,3,6-8,11-18H2,1H3. The molecule has 154 valence electrons. The lowest BCUT2D eigenvalue weighted by Gasteiger charge is -2.45. The SMILES string of the molecule is COC(=O)CCCC(=O)N(C1CCCCC1)N1CCC(c2ccccc2)CC1. The molecule has 28 heavy (non-hydrogen) atoms.